The van der Waals surface area contributed by atoms with Crippen molar-refractivity contribution in [1.82, 2.24) is 4.57 Å². The predicted molar refractivity (Wildman–Crippen MR) is 35.7 cm³/mol. The van der Waals surface area contributed by atoms with Crippen LogP contribution in [-0.4, -0.2) is 10.4 Å². The number of aromatic nitrogens is 1. The van der Waals surface area contributed by atoms with Gasteiger partial charge in [-0.05, 0) is 12.1 Å². The highest BCUT2D eigenvalue weighted by Gasteiger charge is 2.11. The van der Waals surface area contributed by atoms with Crippen LogP contribution in [-0.2, 0) is 0 Å². The number of hydrogen-bond acceptors (Lipinski definition) is 1. The fourth-order valence-corrected chi connectivity index (χ4v) is 0.863. The van der Waals surface area contributed by atoms with Gasteiger partial charge in [0.2, 0.25) is 0 Å². The van der Waals surface area contributed by atoms with E-state index in [1.165, 1.54) is 25.3 Å². The zero-order valence-corrected chi connectivity index (χ0v) is 5.92. The van der Waals surface area contributed by atoms with Crippen molar-refractivity contribution in [2.75, 3.05) is 0 Å². The van der Waals surface area contributed by atoms with Crippen LogP contribution in [0.15, 0.2) is 18.3 Å². The Morgan fingerprint density at radius 3 is 2.64 bits per heavy atom. The van der Waals surface area contributed by atoms with Crippen LogP contribution in [0.1, 0.15) is 24.0 Å². The Labute approximate surface area is 62.4 Å². The number of carbonyl (C=O) groups is 1. The van der Waals surface area contributed by atoms with Crippen molar-refractivity contribution in [3.8, 4) is 0 Å². The summed E-state index contributed by atoms with van der Waals surface area (Å²) in [6.45, 7) is -1.38. The lowest BCUT2D eigenvalue weighted by molar-refractivity contribution is 0.0649. The monoisotopic (exact) mass is 159 g/mol. The molecule has 0 atom stereocenters. The van der Waals surface area contributed by atoms with Crippen LogP contribution >= 0.6 is 0 Å². The van der Waals surface area contributed by atoms with E-state index in [0.29, 0.717) is 4.57 Å². The van der Waals surface area contributed by atoms with Gasteiger partial charge in [-0.25, -0.2) is 0 Å². The largest absolute Gasteiger partial charge is 0.319 e. The molecule has 0 bridgehead atoms. The Balaban J connectivity index is 3.06. The summed E-state index contributed by atoms with van der Waals surface area (Å²) in [5.41, 5.74) is 0.0417. The minimum absolute atomic E-state index is 0.0417. The third-order valence-electron chi connectivity index (χ3n) is 1.35. The molecule has 1 aromatic heterocycles. The van der Waals surface area contributed by atoms with Gasteiger partial charge in [0, 0.05) is 13.1 Å². The van der Waals surface area contributed by atoms with Gasteiger partial charge < -0.3 is 0 Å². The zero-order valence-electron chi connectivity index (χ0n) is 5.92. The van der Waals surface area contributed by atoms with E-state index in [2.05, 4.69) is 0 Å². The average molecular weight is 159 g/mol. The molecule has 4 heteroatoms. The van der Waals surface area contributed by atoms with Crippen LogP contribution in [0.3, 0.4) is 0 Å². The molecule has 0 aliphatic carbocycles. The van der Waals surface area contributed by atoms with Crippen LogP contribution in [0.5, 0.6) is 0 Å². The van der Waals surface area contributed by atoms with Crippen LogP contribution in [0.2, 0.25) is 0 Å². The Morgan fingerprint density at radius 1 is 1.64 bits per heavy atom. The summed E-state index contributed by atoms with van der Waals surface area (Å²) < 4.78 is 24.7. The number of Topliss-reactive ketones (excluding diaryl/α,β-unsaturated/α-hetero) is 1. The molecule has 0 amide bonds. The SMILES string of the molecule is CC(=O)c1cccn1C(F)F. The lowest BCUT2D eigenvalue weighted by atomic mass is 10.3. The van der Waals surface area contributed by atoms with Gasteiger partial charge in [-0.2, -0.15) is 8.78 Å². The maximum atomic E-state index is 12.0. The normalized spacial score (nSPS) is 10.5. The second kappa shape index (κ2) is 2.82. The van der Waals surface area contributed by atoms with E-state index in [1.807, 2.05) is 0 Å². The van der Waals surface area contributed by atoms with E-state index in [1.54, 1.807) is 0 Å². The molecule has 0 unspecified atom stereocenters. The molecule has 0 aliphatic heterocycles. The van der Waals surface area contributed by atoms with Crippen molar-refractivity contribution in [3.63, 3.8) is 0 Å². The number of rotatable bonds is 2. The van der Waals surface area contributed by atoms with Crippen LogP contribution in [0, 0.1) is 0 Å². The maximum Gasteiger partial charge on any atom is 0.319 e. The highest BCUT2D eigenvalue weighted by atomic mass is 19.3. The first-order valence-corrected chi connectivity index (χ1v) is 3.09. The van der Waals surface area contributed by atoms with Crippen LogP contribution < -0.4 is 0 Å². The third kappa shape index (κ3) is 1.45. The van der Waals surface area contributed by atoms with E-state index in [9.17, 15) is 13.6 Å². The first kappa shape index (κ1) is 7.91. The molecule has 0 fully saturated rings. The highest BCUT2D eigenvalue weighted by molar-refractivity contribution is 5.92. The topological polar surface area (TPSA) is 22.0 Å². The summed E-state index contributed by atoms with van der Waals surface area (Å²) in [6, 6.07) is 2.79. The van der Waals surface area contributed by atoms with Gasteiger partial charge in [-0.3, -0.25) is 9.36 Å². The van der Waals surface area contributed by atoms with Gasteiger partial charge in [0.15, 0.2) is 5.78 Å². The summed E-state index contributed by atoms with van der Waals surface area (Å²) in [5, 5.41) is 0. The highest BCUT2D eigenvalue weighted by Crippen LogP contribution is 2.14. The van der Waals surface area contributed by atoms with Crippen molar-refractivity contribution in [1.29, 1.82) is 0 Å². The summed E-state index contributed by atoms with van der Waals surface area (Å²) in [4.78, 5) is 10.7. The molecule has 0 N–H and O–H groups in total. The molecule has 1 rings (SSSR count). The van der Waals surface area contributed by atoms with E-state index in [4.69, 9.17) is 0 Å². The van der Waals surface area contributed by atoms with E-state index >= 15 is 0 Å². The van der Waals surface area contributed by atoms with Crippen molar-refractivity contribution in [2.24, 2.45) is 0 Å². The molecule has 60 valence electrons. The number of nitrogens with zero attached hydrogens (tertiary/aromatic N) is 1. The van der Waals surface area contributed by atoms with Gasteiger partial charge in [0.05, 0.1) is 5.69 Å². The Hall–Kier alpha value is -1.19. The number of halogens is 2. The van der Waals surface area contributed by atoms with Gasteiger partial charge in [-0.1, -0.05) is 0 Å². The number of ketones is 1. The molecule has 1 heterocycles. The Bertz CT molecular complexity index is 267. The van der Waals surface area contributed by atoms with E-state index in [-0.39, 0.29) is 11.5 Å². The number of alkyl halides is 2. The second-order valence-corrected chi connectivity index (χ2v) is 2.13. The molecule has 0 aromatic carbocycles. The Morgan fingerprint density at radius 2 is 2.27 bits per heavy atom. The lowest BCUT2D eigenvalue weighted by Crippen LogP contribution is -2.05. The summed E-state index contributed by atoms with van der Waals surface area (Å²) in [7, 11) is 0. The summed E-state index contributed by atoms with van der Waals surface area (Å²) in [6.07, 6.45) is 1.18. The standard InChI is InChI=1S/C7H7F2NO/c1-5(11)6-3-2-4-10(6)7(8)9/h2-4,7H,1H3. The average Bonchev–Trinajstić information content (AvgIpc) is 2.32. The van der Waals surface area contributed by atoms with E-state index < -0.39 is 6.55 Å². The minimum atomic E-state index is -2.64. The molecular weight excluding hydrogens is 152 g/mol. The molecule has 0 saturated heterocycles. The molecule has 0 saturated carbocycles. The predicted octanol–water partition coefficient (Wildman–Crippen LogP) is 2.09. The van der Waals surface area contributed by atoms with Crippen molar-refractivity contribution < 1.29 is 13.6 Å². The van der Waals surface area contributed by atoms with Crippen LogP contribution in [0.4, 0.5) is 8.78 Å². The molecule has 11 heavy (non-hydrogen) atoms. The maximum absolute atomic E-state index is 12.0. The smallest absolute Gasteiger partial charge is 0.293 e. The van der Waals surface area contributed by atoms with Crippen molar-refractivity contribution >= 4 is 5.78 Å². The molecule has 0 spiro atoms. The number of carbonyl (C=O) groups excluding carboxylic acids is 1. The second-order valence-electron chi connectivity index (χ2n) is 2.13. The molecule has 2 nitrogen and oxygen atoms in total. The molecule has 0 radical (unpaired) electrons. The van der Waals surface area contributed by atoms with Gasteiger partial charge in [0.1, 0.15) is 0 Å². The van der Waals surface area contributed by atoms with Gasteiger partial charge in [0.25, 0.3) is 0 Å². The number of hydrogen-bond donors (Lipinski definition) is 0. The quantitative estimate of drug-likeness (QED) is 0.605. The van der Waals surface area contributed by atoms with Gasteiger partial charge >= 0.3 is 6.55 Å². The first-order valence-electron chi connectivity index (χ1n) is 3.09. The summed E-state index contributed by atoms with van der Waals surface area (Å²) in [5.74, 6) is -0.352. The minimum Gasteiger partial charge on any atom is -0.293 e. The molecular formula is C7H7F2NO. The molecule has 0 aliphatic rings. The first-order chi connectivity index (χ1) is 5.13. The third-order valence-corrected chi connectivity index (χ3v) is 1.35. The molecule has 1 aromatic rings. The Kier molecular flexibility index (Phi) is 2.03. The fourth-order valence-electron chi connectivity index (χ4n) is 0.863. The van der Waals surface area contributed by atoms with E-state index in [0.717, 1.165) is 0 Å². The summed E-state index contributed by atoms with van der Waals surface area (Å²) >= 11 is 0. The van der Waals surface area contributed by atoms with Crippen LogP contribution in [0.25, 0.3) is 0 Å². The van der Waals surface area contributed by atoms with Gasteiger partial charge in [-0.15, -0.1) is 0 Å². The lowest BCUT2D eigenvalue weighted by Gasteiger charge is -2.03. The fraction of sp³-hybridized carbons (Fsp3) is 0.286. The van der Waals surface area contributed by atoms with Crippen molar-refractivity contribution in [2.45, 2.75) is 13.5 Å². The van der Waals surface area contributed by atoms with Crippen molar-refractivity contribution in [3.05, 3.63) is 24.0 Å². The zero-order chi connectivity index (χ0) is 8.43.